The average molecular weight is 696 g/mol. The number of aromatic nitrogens is 1. The lowest BCUT2D eigenvalue weighted by molar-refractivity contribution is -0.135. The minimum atomic E-state index is -1.26. The molecule has 0 radical (unpaired) electrons. The third kappa shape index (κ3) is 9.59. The van der Waals surface area contributed by atoms with E-state index in [9.17, 15) is 19.2 Å². The van der Waals surface area contributed by atoms with Crippen molar-refractivity contribution in [3.63, 3.8) is 0 Å². The first-order valence-corrected chi connectivity index (χ1v) is 18.2. The Morgan fingerprint density at radius 3 is 2.18 bits per heavy atom. The third-order valence-electron chi connectivity index (χ3n) is 10.2. The molecular formula is C40H53N7O4. The first-order chi connectivity index (χ1) is 24.6. The molecule has 4 amide bonds. The van der Waals surface area contributed by atoms with Gasteiger partial charge in [0, 0.05) is 24.9 Å². The van der Waals surface area contributed by atoms with E-state index in [2.05, 4.69) is 31.2 Å². The fourth-order valence-electron chi connectivity index (χ4n) is 7.00. The summed E-state index contributed by atoms with van der Waals surface area (Å²) in [5, 5.41) is 12.2. The lowest BCUT2D eigenvalue weighted by atomic mass is 10.0. The molecule has 6 atom stereocenters. The van der Waals surface area contributed by atoms with Crippen molar-refractivity contribution in [2.24, 2.45) is 11.7 Å². The Bertz CT molecular complexity index is 1620. The monoisotopic (exact) mass is 695 g/mol. The van der Waals surface area contributed by atoms with Crippen LogP contribution in [0.4, 0.5) is 0 Å². The van der Waals surface area contributed by atoms with Crippen molar-refractivity contribution in [3.8, 4) is 0 Å². The number of nitrogens with zero attached hydrogens (tertiary/aromatic N) is 2. The van der Waals surface area contributed by atoms with Gasteiger partial charge < -0.3 is 31.9 Å². The van der Waals surface area contributed by atoms with Crippen LogP contribution in [0.25, 0.3) is 0 Å². The highest BCUT2D eigenvalue weighted by molar-refractivity contribution is 6.01. The van der Waals surface area contributed by atoms with E-state index in [-0.39, 0.29) is 17.7 Å². The SMILES string of the molecule is CCCC[C@@H](NC(=O)C1(NC(=O)[C@H](N)Cc2ccccc2)CC1c1ccccc1)C(=O)NC1(C(=O)NCc2ccncc2)C[C@@H]1CCCN(C)C. The van der Waals surface area contributed by atoms with Gasteiger partial charge in [0.05, 0.1) is 6.04 Å². The molecule has 2 aliphatic carbocycles. The summed E-state index contributed by atoms with van der Waals surface area (Å²) < 4.78 is 0. The van der Waals surface area contributed by atoms with Gasteiger partial charge in [0.1, 0.15) is 17.1 Å². The number of nitrogens with one attached hydrogen (secondary N) is 4. The van der Waals surface area contributed by atoms with Crippen LogP contribution in [0.15, 0.2) is 85.2 Å². The Hall–Kier alpha value is -4.61. The molecule has 0 saturated heterocycles. The van der Waals surface area contributed by atoms with Crippen molar-refractivity contribution < 1.29 is 19.2 Å². The Kier molecular flexibility index (Phi) is 12.6. The number of nitrogens with two attached hydrogens (primary N) is 1. The van der Waals surface area contributed by atoms with Crippen molar-refractivity contribution in [2.75, 3.05) is 20.6 Å². The van der Waals surface area contributed by atoms with Gasteiger partial charge in [-0.15, -0.1) is 0 Å². The number of carbonyl (C=O) groups is 4. The molecule has 6 N–H and O–H groups in total. The molecule has 1 aromatic heterocycles. The molecule has 1 heterocycles. The molecule has 2 fully saturated rings. The summed E-state index contributed by atoms with van der Waals surface area (Å²) in [6, 6.07) is 21.0. The second-order valence-corrected chi connectivity index (χ2v) is 14.4. The Labute approximate surface area is 301 Å². The molecular weight excluding hydrogens is 642 g/mol. The first kappa shape index (κ1) is 37.6. The minimum Gasteiger partial charge on any atom is -0.350 e. The second kappa shape index (κ2) is 17.1. The van der Waals surface area contributed by atoms with Crippen LogP contribution in [-0.4, -0.2) is 77.3 Å². The van der Waals surface area contributed by atoms with Crippen LogP contribution in [0.2, 0.25) is 0 Å². The summed E-state index contributed by atoms with van der Waals surface area (Å²) in [7, 11) is 4.03. The molecule has 11 heteroatoms. The summed E-state index contributed by atoms with van der Waals surface area (Å²) >= 11 is 0. The van der Waals surface area contributed by atoms with Crippen molar-refractivity contribution in [1.82, 2.24) is 31.2 Å². The number of rotatable bonds is 19. The van der Waals surface area contributed by atoms with Crippen molar-refractivity contribution in [2.45, 2.75) is 93.9 Å². The maximum Gasteiger partial charge on any atom is 0.247 e. The van der Waals surface area contributed by atoms with Gasteiger partial charge in [0.25, 0.3) is 0 Å². The highest BCUT2D eigenvalue weighted by atomic mass is 16.2. The van der Waals surface area contributed by atoms with Gasteiger partial charge in [-0.2, -0.15) is 0 Å². The van der Waals surface area contributed by atoms with Crippen molar-refractivity contribution in [3.05, 3.63) is 102 Å². The molecule has 0 spiro atoms. The predicted octanol–water partition coefficient (Wildman–Crippen LogP) is 3.20. The highest BCUT2D eigenvalue weighted by Gasteiger charge is 2.63. The zero-order chi connectivity index (χ0) is 36.4. The second-order valence-electron chi connectivity index (χ2n) is 14.4. The topological polar surface area (TPSA) is 159 Å². The van der Waals surface area contributed by atoms with Crippen LogP contribution in [0, 0.1) is 5.92 Å². The zero-order valence-corrected chi connectivity index (χ0v) is 30.1. The van der Waals surface area contributed by atoms with Gasteiger partial charge in [-0.25, -0.2) is 0 Å². The molecule has 5 rings (SSSR count). The summed E-state index contributed by atoms with van der Waals surface area (Å²) in [5.74, 6) is -1.79. The summed E-state index contributed by atoms with van der Waals surface area (Å²) in [6.45, 7) is 3.21. The fraction of sp³-hybridized carbons (Fsp3) is 0.475. The predicted molar refractivity (Wildman–Crippen MR) is 197 cm³/mol. The number of hydrogen-bond acceptors (Lipinski definition) is 7. The number of hydrogen-bond donors (Lipinski definition) is 5. The molecule has 11 nitrogen and oxygen atoms in total. The van der Waals surface area contributed by atoms with E-state index in [1.807, 2.05) is 93.8 Å². The summed E-state index contributed by atoms with van der Waals surface area (Å²) in [5.41, 5.74) is 6.79. The number of amides is 4. The third-order valence-corrected chi connectivity index (χ3v) is 10.2. The molecule has 0 bridgehead atoms. The summed E-state index contributed by atoms with van der Waals surface area (Å²) in [4.78, 5) is 61.9. The molecule has 3 unspecified atom stereocenters. The average Bonchev–Trinajstić information content (AvgIpc) is 4.05. The molecule has 272 valence electrons. The Morgan fingerprint density at radius 2 is 1.51 bits per heavy atom. The lowest BCUT2D eigenvalue weighted by Crippen LogP contribution is -2.60. The van der Waals surface area contributed by atoms with E-state index in [1.54, 1.807) is 12.4 Å². The van der Waals surface area contributed by atoms with Gasteiger partial charge in [-0.1, -0.05) is 80.4 Å². The normalized spacial score (nSPS) is 23.1. The van der Waals surface area contributed by atoms with Crippen LogP contribution in [-0.2, 0) is 32.1 Å². The maximum atomic E-state index is 14.3. The van der Waals surface area contributed by atoms with Gasteiger partial charge in [0.15, 0.2) is 0 Å². The van der Waals surface area contributed by atoms with Crippen molar-refractivity contribution in [1.29, 1.82) is 0 Å². The van der Waals surface area contributed by atoms with Crippen LogP contribution >= 0.6 is 0 Å². The van der Waals surface area contributed by atoms with Gasteiger partial charge >= 0.3 is 0 Å². The van der Waals surface area contributed by atoms with E-state index >= 15 is 0 Å². The molecule has 2 aliphatic rings. The molecule has 51 heavy (non-hydrogen) atoms. The first-order valence-electron chi connectivity index (χ1n) is 18.2. The van der Waals surface area contributed by atoms with E-state index in [1.165, 1.54) is 0 Å². The van der Waals surface area contributed by atoms with E-state index in [4.69, 9.17) is 5.73 Å². The number of carbonyl (C=O) groups excluding carboxylic acids is 4. The van der Waals surface area contributed by atoms with Crippen molar-refractivity contribution >= 4 is 23.6 Å². The highest BCUT2D eigenvalue weighted by Crippen LogP contribution is 2.52. The van der Waals surface area contributed by atoms with E-state index in [0.29, 0.717) is 38.6 Å². The van der Waals surface area contributed by atoms with Gasteiger partial charge in [-0.3, -0.25) is 24.2 Å². The smallest absolute Gasteiger partial charge is 0.247 e. The Morgan fingerprint density at radius 1 is 0.843 bits per heavy atom. The standard InChI is InChI=1S/C40H53N7O4/c1-4-5-18-34(36(49)46-39(25-31(39)17-12-23-47(2)3)37(50)43-27-29-19-21-42-22-20-29)44-38(51)40(26-32(40)30-15-10-7-11-16-30)45-35(48)33(41)24-28-13-8-6-9-14-28/h6-11,13-16,19-22,31-34H,4-5,12,17-18,23-27,41H2,1-3H3,(H,43,50)(H,44,51)(H,45,48)(H,46,49)/t31-,32?,33+,34+,39?,40?/m0/s1. The summed E-state index contributed by atoms with van der Waals surface area (Å²) in [6.07, 6.45) is 8.14. The van der Waals surface area contributed by atoms with Crippen LogP contribution in [0.3, 0.4) is 0 Å². The van der Waals surface area contributed by atoms with Crippen LogP contribution in [0.5, 0.6) is 0 Å². The van der Waals surface area contributed by atoms with E-state index in [0.717, 1.165) is 42.5 Å². The number of unbranched alkanes of at least 4 members (excludes halogenated alkanes) is 1. The molecule has 3 aromatic rings. The Balaban J connectivity index is 1.32. The van der Waals surface area contributed by atoms with Crippen LogP contribution < -0.4 is 27.0 Å². The largest absolute Gasteiger partial charge is 0.350 e. The van der Waals surface area contributed by atoms with E-state index < -0.39 is 40.9 Å². The number of pyridine rings is 1. The molecule has 0 aliphatic heterocycles. The van der Waals surface area contributed by atoms with Gasteiger partial charge in [0.2, 0.25) is 23.6 Å². The van der Waals surface area contributed by atoms with Gasteiger partial charge in [-0.05, 0) is 93.9 Å². The molecule has 2 saturated carbocycles. The minimum absolute atomic E-state index is 0.0241. The zero-order valence-electron chi connectivity index (χ0n) is 30.1. The number of benzene rings is 2. The lowest BCUT2D eigenvalue weighted by Gasteiger charge is -2.27. The van der Waals surface area contributed by atoms with Crippen LogP contribution in [0.1, 0.15) is 74.5 Å². The maximum absolute atomic E-state index is 14.3. The molecule has 2 aromatic carbocycles. The quantitative estimate of drug-likeness (QED) is 0.129. The fourth-order valence-corrected chi connectivity index (χ4v) is 7.00.